The number of nitrogens with zero attached hydrogens (tertiary/aromatic N) is 1. The zero-order valence-electron chi connectivity index (χ0n) is 13.1. The van der Waals surface area contributed by atoms with Crippen LogP contribution in [-0.2, 0) is 0 Å². The standard InChI is InChI=1S/C16H21N3O2S/c1-4-17-11(2)9-18-15(20)14-10-22-16(19-14)12-5-7-13(21-3)8-6-12/h5-8,10-11,17H,4,9H2,1-3H3,(H,18,20)/t11-/m1/s1. The predicted molar refractivity (Wildman–Crippen MR) is 89.6 cm³/mol. The molecule has 2 rings (SSSR count). The van der Waals surface area contributed by atoms with Crippen molar-refractivity contribution in [3.8, 4) is 16.3 Å². The molecular weight excluding hydrogens is 298 g/mol. The molecule has 2 aromatic rings. The first-order chi connectivity index (χ1) is 10.6. The van der Waals surface area contributed by atoms with Crippen LogP contribution in [0.5, 0.6) is 5.75 Å². The van der Waals surface area contributed by atoms with E-state index < -0.39 is 0 Å². The zero-order chi connectivity index (χ0) is 15.9. The molecule has 1 atom stereocenters. The number of ether oxygens (including phenoxy) is 1. The average molecular weight is 319 g/mol. The van der Waals surface area contributed by atoms with Gasteiger partial charge in [0.25, 0.3) is 5.91 Å². The minimum absolute atomic E-state index is 0.138. The Kier molecular flexibility index (Phi) is 5.91. The molecule has 0 aliphatic heterocycles. The van der Waals surface area contributed by atoms with E-state index in [0.29, 0.717) is 12.2 Å². The second-order valence-corrected chi connectivity index (χ2v) is 5.79. The first kappa shape index (κ1) is 16.5. The van der Waals surface area contributed by atoms with Crippen LogP contribution in [0.2, 0.25) is 0 Å². The van der Waals surface area contributed by atoms with Crippen molar-refractivity contribution in [3.05, 3.63) is 35.3 Å². The number of nitrogens with one attached hydrogen (secondary N) is 2. The van der Waals surface area contributed by atoms with E-state index in [9.17, 15) is 4.79 Å². The summed E-state index contributed by atoms with van der Waals surface area (Å²) < 4.78 is 5.14. The fraction of sp³-hybridized carbons (Fsp3) is 0.375. The summed E-state index contributed by atoms with van der Waals surface area (Å²) in [5.74, 6) is 0.663. The van der Waals surface area contributed by atoms with Gasteiger partial charge in [0.1, 0.15) is 16.5 Å². The number of amides is 1. The van der Waals surface area contributed by atoms with Crippen molar-refractivity contribution in [1.82, 2.24) is 15.6 Å². The smallest absolute Gasteiger partial charge is 0.270 e. The molecule has 0 fully saturated rings. The first-order valence-corrected chi connectivity index (χ1v) is 8.13. The molecule has 0 radical (unpaired) electrons. The third kappa shape index (κ3) is 4.29. The van der Waals surface area contributed by atoms with Gasteiger partial charge in [-0.05, 0) is 37.7 Å². The van der Waals surface area contributed by atoms with Crippen molar-refractivity contribution in [1.29, 1.82) is 0 Å². The Morgan fingerprint density at radius 2 is 2.09 bits per heavy atom. The van der Waals surface area contributed by atoms with Crippen molar-refractivity contribution >= 4 is 17.2 Å². The topological polar surface area (TPSA) is 63.2 Å². The van der Waals surface area contributed by atoms with Crippen molar-refractivity contribution < 1.29 is 9.53 Å². The highest BCUT2D eigenvalue weighted by Crippen LogP contribution is 2.25. The monoisotopic (exact) mass is 319 g/mol. The van der Waals surface area contributed by atoms with E-state index in [1.807, 2.05) is 38.1 Å². The zero-order valence-corrected chi connectivity index (χ0v) is 13.9. The SMILES string of the molecule is CCN[C@H](C)CNC(=O)c1csc(-c2ccc(OC)cc2)n1. The Morgan fingerprint density at radius 1 is 1.36 bits per heavy atom. The summed E-state index contributed by atoms with van der Waals surface area (Å²) in [6.45, 7) is 5.55. The van der Waals surface area contributed by atoms with Crippen molar-refractivity contribution in [3.63, 3.8) is 0 Å². The van der Waals surface area contributed by atoms with E-state index in [2.05, 4.69) is 15.6 Å². The van der Waals surface area contributed by atoms with Gasteiger partial charge in [0, 0.05) is 23.5 Å². The maximum absolute atomic E-state index is 12.1. The van der Waals surface area contributed by atoms with Gasteiger partial charge in [0.2, 0.25) is 0 Å². The van der Waals surface area contributed by atoms with Crippen LogP contribution in [0.4, 0.5) is 0 Å². The number of rotatable bonds is 7. The van der Waals surface area contributed by atoms with Gasteiger partial charge >= 0.3 is 0 Å². The summed E-state index contributed by atoms with van der Waals surface area (Å²) in [7, 11) is 1.63. The first-order valence-electron chi connectivity index (χ1n) is 7.25. The lowest BCUT2D eigenvalue weighted by atomic mass is 10.2. The molecule has 0 saturated heterocycles. The normalized spacial score (nSPS) is 12.0. The van der Waals surface area contributed by atoms with E-state index in [4.69, 9.17) is 4.74 Å². The van der Waals surface area contributed by atoms with Gasteiger partial charge in [-0.2, -0.15) is 0 Å². The fourth-order valence-corrected chi connectivity index (χ4v) is 2.81. The molecule has 0 bridgehead atoms. The Morgan fingerprint density at radius 3 is 2.73 bits per heavy atom. The lowest BCUT2D eigenvalue weighted by Gasteiger charge is -2.12. The van der Waals surface area contributed by atoms with Crippen LogP contribution < -0.4 is 15.4 Å². The van der Waals surface area contributed by atoms with Crippen molar-refractivity contribution in [2.75, 3.05) is 20.2 Å². The van der Waals surface area contributed by atoms with Crippen molar-refractivity contribution in [2.45, 2.75) is 19.9 Å². The third-order valence-corrected chi connectivity index (χ3v) is 4.09. The third-order valence-electron chi connectivity index (χ3n) is 3.20. The summed E-state index contributed by atoms with van der Waals surface area (Å²) in [6.07, 6.45) is 0. The number of thiazole rings is 1. The Labute approximate surface area is 134 Å². The Hall–Kier alpha value is -1.92. The average Bonchev–Trinajstić information content (AvgIpc) is 3.03. The van der Waals surface area contributed by atoms with Gasteiger partial charge in [-0.1, -0.05) is 6.92 Å². The van der Waals surface area contributed by atoms with Crippen LogP contribution in [0.25, 0.3) is 10.6 Å². The highest BCUT2D eigenvalue weighted by molar-refractivity contribution is 7.13. The van der Waals surface area contributed by atoms with E-state index >= 15 is 0 Å². The Balaban J connectivity index is 1.99. The number of carbonyl (C=O) groups is 1. The number of carbonyl (C=O) groups excluding carboxylic acids is 1. The Bertz CT molecular complexity index is 610. The molecule has 0 saturated carbocycles. The lowest BCUT2D eigenvalue weighted by molar-refractivity contribution is 0.0946. The van der Waals surface area contributed by atoms with Gasteiger partial charge < -0.3 is 15.4 Å². The summed E-state index contributed by atoms with van der Waals surface area (Å²) in [5.41, 5.74) is 1.44. The van der Waals surface area contributed by atoms with E-state index in [0.717, 1.165) is 22.9 Å². The number of likely N-dealkylation sites (N-methyl/N-ethyl adjacent to an activating group) is 1. The minimum atomic E-state index is -0.138. The summed E-state index contributed by atoms with van der Waals surface area (Å²) in [6, 6.07) is 7.89. The molecule has 1 aromatic heterocycles. The fourth-order valence-electron chi connectivity index (χ4n) is 2.00. The molecule has 1 aromatic carbocycles. The lowest BCUT2D eigenvalue weighted by Crippen LogP contribution is -2.38. The van der Waals surface area contributed by atoms with Crippen LogP contribution in [0, 0.1) is 0 Å². The van der Waals surface area contributed by atoms with Crippen LogP contribution >= 0.6 is 11.3 Å². The molecule has 0 aliphatic rings. The van der Waals surface area contributed by atoms with Crippen molar-refractivity contribution in [2.24, 2.45) is 0 Å². The quantitative estimate of drug-likeness (QED) is 0.823. The number of hydrogen-bond acceptors (Lipinski definition) is 5. The number of aromatic nitrogens is 1. The predicted octanol–water partition coefficient (Wildman–Crippen LogP) is 2.55. The molecule has 0 spiro atoms. The number of methoxy groups -OCH3 is 1. The summed E-state index contributed by atoms with van der Waals surface area (Å²) in [4.78, 5) is 16.5. The van der Waals surface area contributed by atoms with E-state index in [1.165, 1.54) is 11.3 Å². The highest BCUT2D eigenvalue weighted by atomic mass is 32.1. The molecule has 22 heavy (non-hydrogen) atoms. The number of benzene rings is 1. The highest BCUT2D eigenvalue weighted by Gasteiger charge is 2.12. The molecule has 0 unspecified atom stereocenters. The molecule has 0 aliphatic carbocycles. The van der Waals surface area contributed by atoms with E-state index in [1.54, 1.807) is 12.5 Å². The summed E-state index contributed by atoms with van der Waals surface area (Å²) in [5, 5.41) is 8.75. The molecule has 5 nitrogen and oxygen atoms in total. The molecular formula is C16H21N3O2S. The molecule has 6 heteroatoms. The van der Waals surface area contributed by atoms with Crippen LogP contribution in [-0.4, -0.2) is 37.1 Å². The molecule has 2 N–H and O–H groups in total. The van der Waals surface area contributed by atoms with Crippen LogP contribution in [0.3, 0.4) is 0 Å². The molecule has 1 amide bonds. The summed E-state index contributed by atoms with van der Waals surface area (Å²) >= 11 is 1.46. The maximum atomic E-state index is 12.1. The largest absolute Gasteiger partial charge is 0.497 e. The second kappa shape index (κ2) is 7.91. The number of hydrogen-bond donors (Lipinski definition) is 2. The van der Waals surface area contributed by atoms with Crippen LogP contribution in [0.15, 0.2) is 29.6 Å². The van der Waals surface area contributed by atoms with Gasteiger partial charge in [0.15, 0.2) is 0 Å². The molecule has 1 heterocycles. The van der Waals surface area contributed by atoms with Gasteiger partial charge in [-0.25, -0.2) is 4.98 Å². The van der Waals surface area contributed by atoms with Gasteiger partial charge in [-0.15, -0.1) is 11.3 Å². The second-order valence-electron chi connectivity index (χ2n) is 4.94. The maximum Gasteiger partial charge on any atom is 0.270 e. The van der Waals surface area contributed by atoms with E-state index in [-0.39, 0.29) is 11.9 Å². The van der Waals surface area contributed by atoms with Crippen LogP contribution in [0.1, 0.15) is 24.3 Å². The minimum Gasteiger partial charge on any atom is -0.497 e. The van der Waals surface area contributed by atoms with Gasteiger partial charge in [-0.3, -0.25) is 4.79 Å². The molecule has 118 valence electrons. The van der Waals surface area contributed by atoms with Gasteiger partial charge in [0.05, 0.1) is 7.11 Å².